The van der Waals surface area contributed by atoms with Crippen LogP contribution in [0.2, 0.25) is 5.02 Å². The van der Waals surface area contributed by atoms with Crippen LogP contribution in [-0.2, 0) is 0 Å². The van der Waals surface area contributed by atoms with E-state index in [9.17, 15) is 9.18 Å². The average molecular weight is 300 g/mol. The van der Waals surface area contributed by atoms with Gasteiger partial charge in [-0.2, -0.15) is 0 Å². The summed E-state index contributed by atoms with van der Waals surface area (Å²) in [5.41, 5.74) is 0.476. The van der Waals surface area contributed by atoms with Crippen molar-refractivity contribution >= 4 is 34.0 Å². The van der Waals surface area contributed by atoms with E-state index in [0.29, 0.717) is 5.69 Å². The summed E-state index contributed by atoms with van der Waals surface area (Å²) in [4.78, 5) is 12.3. The fourth-order valence-electron chi connectivity index (χ4n) is 2.23. The van der Waals surface area contributed by atoms with E-state index in [4.69, 9.17) is 11.6 Å². The zero-order valence-corrected chi connectivity index (χ0v) is 11.7. The van der Waals surface area contributed by atoms with Crippen LogP contribution in [0, 0.1) is 5.82 Å². The Labute approximate surface area is 126 Å². The van der Waals surface area contributed by atoms with Crippen LogP contribution in [0.5, 0.6) is 0 Å². The fraction of sp³-hybridized carbons (Fsp3) is 0. The summed E-state index contributed by atoms with van der Waals surface area (Å²) in [7, 11) is 0. The largest absolute Gasteiger partial charge is 0.321 e. The summed E-state index contributed by atoms with van der Waals surface area (Å²) < 4.78 is 13.8. The van der Waals surface area contributed by atoms with Crippen molar-refractivity contribution in [3.05, 3.63) is 77.1 Å². The Hall–Kier alpha value is -2.39. The summed E-state index contributed by atoms with van der Waals surface area (Å²) >= 11 is 5.91. The molecule has 0 spiro atoms. The number of nitrogens with one attached hydrogen (secondary N) is 1. The molecule has 1 amide bonds. The van der Waals surface area contributed by atoms with Crippen LogP contribution < -0.4 is 5.32 Å². The molecule has 2 nitrogen and oxygen atoms in total. The van der Waals surface area contributed by atoms with Gasteiger partial charge in [0.2, 0.25) is 0 Å². The molecule has 0 atom stereocenters. The number of carbonyl (C=O) groups excluding carboxylic acids is 1. The van der Waals surface area contributed by atoms with E-state index in [1.54, 1.807) is 6.07 Å². The Balaban J connectivity index is 2.01. The van der Waals surface area contributed by atoms with Crippen molar-refractivity contribution in [2.24, 2.45) is 0 Å². The van der Waals surface area contributed by atoms with E-state index in [1.165, 1.54) is 18.2 Å². The van der Waals surface area contributed by atoms with Gasteiger partial charge in [-0.25, -0.2) is 4.39 Å². The minimum Gasteiger partial charge on any atom is -0.321 e. The van der Waals surface area contributed by atoms with E-state index in [1.807, 2.05) is 36.4 Å². The third kappa shape index (κ3) is 2.60. The normalized spacial score (nSPS) is 10.6. The van der Waals surface area contributed by atoms with Gasteiger partial charge in [-0.05, 0) is 23.6 Å². The molecule has 0 aliphatic heterocycles. The number of hydrogen-bond donors (Lipinski definition) is 1. The molecule has 0 aliphatic carbocycles. The highest BCUT2D eigenvalue weighted by Gasteiger charge is 2.16. The minimum atomic E-state index is -0.639. The van der Waals surface area contributed by atoms with Gasteiger partial charge in [0.15, 0.2) is 0 Å². The first-order valence-electron chi connectivity index (χ1n) is 6.40. The van der Waals surface area contributed by atoms with Crippen LogP contribution in [0.4, 0.5) is 10.1 Å². The Morgan fingerprint density at radius 1 is 0.952 bits per heavy atom. The zero-order chi connectivity index (χ0) is 14.8. The number of halogens is 2. The summed E-state index contributed by atoms with van der Waals surface area (Å²) in [5.74, 6) is -1.20. The van der Waals surface area contributed by atoms with Crippen LogP contribution >= 0.6 is 11.6 Å². The monoisotopic (exact) mass is 299 g/mol. The second kappa shape index (κ2) is 5.54. The molecule has 0 saturated carbocycles. The molecule has 0 aromatic heterocycles. The lowest BCUT2D eigenvalue weighted by atomic mass is 10.1. The first-order valence-corrected chi connectivity index (χ1v) is 6.78. The summed E-state index contributed by atoms with van der Waals surface area (Å²) in [5, 5.41) is 4.69. The van der Waals surface area contributed by atoms with Gasteiger partial charge in [0.25, 0.3) is 5.91 Å². The highest BCUT2D eigenvalue weighted by Crippen LogP contribution is 2.25. The number of anilines is 1. The molecule has 21 heavy (non-hydrogen) atoms. The van der Waals surface area contributed by atoms with Crippen LogP contribution in [0.1, 0.15) is 10.4 Å². The number of carbonyl (C=O) groups is 1. The van der Waals surface area contributed by atoms with E-state index < -0.39 is 11.7 Å². The molecule has 0 aliphatic rings. The van der Waals surface area contributed by atoms with Crippen molar-refractivity contribution in [2.45, 2.75) is 0 Å². The van der Waals surface area contributed by atoms with Gasteiger partial charge in [0.05, 0.1) is 10.6 Å². The van der Waals surface area contributed by atoms with Gasteiger partial charge in [-0.1, -0.05) is 54.1 Å². The summed E-state index contributed by atoms with van der Waals surface area (Å²) in [6, 6.07) is 17.4. The van der Waals surface area contributed by atoms with Gasteiger partial charge in [0, 0.05) is 11.1 Å². The third-order valence-corrected chi connectivity index (χ3v) is 3.54. The molecule has 3 aromatic rings. The van der Waals surface area contributed by atoms with Gasteiger partial charge in [-0.3, -0.25) is 4.79 Å². The number of amides is 1. The van der Waals surface area contributed by atoms with Crippen molar-refractivity contribution < 1.29 is 9.18 Å². The Bertz CT molecular complexity index is 806. The van der Waals surface area contributed by atoms with Crippen molar-refractivity contribution in [3.8, 4) is 0 Å². The zero-order valence-electron chi connectivity index (χ0n) is 10.9. The minimum absolute atomic E-state index is 0.0905. The molecule has 0 heterocycles. The lowest BCUT2D eigenvalue weighted by molar-refractivity contribution is 0.102. The molecule has 0 saturated heterocycles. The SMILES string of the molecule is O=C(Nc1cccc2ccccc12)c1c(F)cccc1Cl. The fourth-order valence-corrected chi connectivity index (χ4v) is 2.48. The molecule has 3 rings (SSSR count). The smallest absolute Gasteiger partial charge is 0.260 e. The Morgan fingerprint density at radius 2 is 1.67 bits per heavy atom. The van der Waals surface area contributed by atoms with Crippen molar-refractivity contribution in [3.63, 3.8) is 0 Å². The maximum atomic E-state index is 13.8. The van der Waals surface area contributed by atoms with E-state index in [-0.39, 0.29) is 10.6 Å². The Morgan fingerprint density at radius 3 is 2.48 bits per heavy atom. The van der Waals surface area contributed by atoms with Crippen molar-refractivity contribution in [1.82, 2.24) is 0 Å². The Kier molecular flexibility index (Phi) is 3.59. The second-order valence-corrected chi connectivity index (χ2v) is 4.98. The molecular weight excluding hydrogens is 289 g/mol. The topological polar surface area (TPSA) is 29.1 Å². The molecule has 4 heteroatoms. The molecule has 0 unspecified atom stereocenters. The molecule has 0 radical (unpaired) electrons. The number of rotatable bonds is 2. The van der Waals surface area contributed by atoms with Gasteiger partial charge in [-0.15, -0.1) is 0 Å². The van der Waals surface area contributed by atoms with E-state index in [2.05, 4.69) is 5.32 Å². The van der Waals surface area contributed by atoms with E-state index in [0.717, 1.165) is 10.8 Å². The summed E-state index contributed by atoms with van der Waals surface area (Å²) in [6.07, 6.45) is 0. The van der Waals surface area contributed by atoms with Crippen molar-refractivity contribution in [2.75, 3.05) is 5.32 Å². The average Bonchev–Trinajstić information content (AvgIpc) is 2.47. The highest BCUT2D eigenvalue weighted by atomic mass is 35.5. The lowest BCUT2D eigenvalue weighted by Crippen LogP contribution is -2.14. The van der Waals surface area contributed by atoms with Crippen LogP contribution in [-0.4, -0.2) is 5.91 Å². The molecule has 104 valence electrons. The predicted molar refractivity (Wildman–Crippen MR) is 83.3 cm³/mol. The number of hydrogen-bond acceptors (Lipinski definition) is 1. The van der Waals surface area contributed by atoms with Gasteiger partial charge < -0.3 is 5.32 Å². The summed E-state index contributed by atoms with van der Waals surface area (Å²) in [6.45, 7) is 0. The molecule has 3 aromatic carbocycles. The molecule has 0 fully saturated rings. The quantitative estimate of drug-likeness (QED) is 0.717. The predicted octanol–water partition coefficient (Wildman–Crippen LogP) is 4.88. The maximum absolute atomic E-state index is 13.8. The highest BCUT2D eigenvalue weighted by molar-refractivity contribution is 6.34. The third-order valence-electron chi connectivity index (χ3n) is 3.23. The standard InChI is InChI=1S/C17H11ClFNO/c18-13-8-4-9-14(19)16(13)17(21)20-15-10-3-6-11-5-1-2-7-12(11)15/h1-10H,(H,20,21). The van der Waals surface area contributed by atoms with Gasteiger partial charge in [0.1, 0.15) is 5.82 Å². The van der Waals surface area contributed by atoms with Crippen molar-refractivity contribution in [1.29, 1.82) is 0 Å². The second-order valence-electron chi connectivity index (χ2n) is 4.58. The number of benzene rings is 3. The first kappa shape index (κ1) is 13.6. The molecular formula is C17H11ClFNO. The van der Waals surface area contributed by atoms with Gasteiger partial charge >= 0.3 is 0 Å². The first-order chi connectivity index (χ1) is 10.2. The van der Waals surface area contributed by atoms with Crippen LogP contribution in [0.3, 0.4) is 0 Å². The maximum Gasteiger partial charge on any atom is 0.260 e. The number of fused-ring (bicyclic) bond motifs is 1. The van der Waals surface area contributed by atoms with Crippen LogP contribution in [0.25, 0.3) is 10.8 Å². The molecule has 0 bridgehead atoms. The lowest BCUT2D eigenvalue weighted by Gasteiger charge is -2.10. The van der Waals surface area contributed by atoms with E-state index >= 15 is 0 Å². The molecule has 1 N–H and O–H groups in total. The van der Waals surface area contributed by atoms with Crippen LogP contribution in [0.15, 0.2) is 60.7 Å².